The number of hydrogen-bond acceptors (Lipinski definition) is 4. The lowest BCUT2D eigenvalue weighted by atomic mass is 9.98. The van der Waals surface area contributed by atoms with E-state index < -0.39 is 6.04 Å². The van der Waals surface area contributed by atoms with E-state index in [9.17, 15) is 9.59 Å². The molecule has 2 unspecified atom stereocenters. The summed E-state index contributed by atoms with van der Waals surface area (Å²) in [5, 5.41) is 9.20. The Kier molecular flexibility index (Phi) is 10.2. The zero-order valence-electron chi connectivity index (χ0n) is 15.7. The Morgan fingerprint density at radius 3 is 2.46 bits per heavy atom. The van der Waals surface area contributed by atoms with E-state index >= 15 is 0 Å². The highest BCUT2D eigenvalue weighted by Crippen LogP contribution is 2.09. The SMILES string of the molecule is CCC(C)C(NC(=O)c1ccccc1)C(=O)NCCN1CCNCC1.Cl. The van der Waals surface area contributed by atoms with Crippen molar-refractivity contribution in [2.24, 2.45) is 5.92 Å². The number of nitrogens with one attached hydrogen (secondary N) is 3. The van der Waals surface area contributed by atoms with Crippen molar-refractivity contribution < 1.29 is 9.59 Å². The van der Waals surface area contributed by atoms with Crippen molar-refractivity contribution in [1.29, 1.82) is 0 Å². The van der Waals surface area contributed by atoms with Gasteiger partial charge in [-0.3, -0.25) is 14.5 Å². The maximum Gasteiger partial charge on any atom is 0.251 e. The standard InChI is InChI=1S/C19H30N4O2.ClH/c1-3-15(2)17(22-18(24)16-7-5-4-6-8-16)19(25)21-11-14-23-12-9-20-10-13-23;/h4-8,15,17,20H,3,9-14H2,1-2H3,(H,21,25)(H,22,24);1H. The molecule has 1 aromatic carbocycles. The predicted octanol–water partition coefficient (Wildman–Crippen LogP) is 1.27. The Balaban J connectivity index is 0.00000338. The summed E-state index contributed by atoms with van der Waals surface area (Å²) < 4.78 is 0. The van der Waals surface area contributed by atoms with E-state index in [-0.39, 0.29) is 30.1 Å². The molecule has 0 aliphatic carbocycles. The molecule has 0 spiro atoms. The van der Waals surface area contributed by atoms with Crippen LogP contribution < -0.4 is 16.0 Å². The quantitative estimate of drug-likeness (QED) is 0.633. The van der Waals surface area contributed by atoms with Gasteiger partial charge in [0.1, 0.15) is 6.04 Å². The molecule has 146 valence electrons. The molecular formula is C19H31ClN4O2. The minimum atomic E-state index is -0.513. The Morgan fingerprint density at radius 1 is 1.19 bits per heavy atom. The number of rotatable bonds is 8. The van der Waals surface area contributed by atoms with Gasteiger partial charge < -0.3 is 16.0 Å². The second kappa shape index (κ2) is 11.9. The summed E-state index contributed by atoms with van der Waals surface area (Å²) in [4.78, 5) is 27.3. The van der Waals surface area contributed by atoms with Crippen LogP contribution in [0.25, 0.3) is 0 Å². The van der Waals surface area contributed by atoms with Crippen LogP contribution >= 0.6 is 12.4 Å². The molecule has 7 heteroatoms. The average Bonchev–Trinajstić information content (AvgIpc) is 2.66. The molecule has 3 N–H and O–H groups in total. The van der Waals surface area contributed by atoms with Crippen molar-refractivity contribution in [1.82, 2.24) is 20.9 Å². The van der Waals surface area contributed by atoms with Gasteiger partial charge in [0.05, 0.1) is 0 Å². The van der Waals surface area contributed by atoms with Crippen molar-refractivity contribution in [3.05, 3.63) is 35.9 Å². The summed E-state index contributed by atoms with van der Waals surface area (Å²) in [5.41, 5.74) is 0.574. The first kappa shape index (κ1) is 22.4. The highest BCUT2D eigenvalue weighted by molar-refractivity contribution is 5.97. The van der Waals surface area contributed by atoms with Crippen LogP contribution in [0.15, 0.2) is 30.3 Å². The zero-order chi connectivity index (χ0) is 18.1. The number of halogens is 1. The maximum atomic E-state index is 12.6. The summed E-state index contributed by atoms with van der Waals surface area (Å²) >= 11 is 0. The van der Waals surface area contributed by atoms with Crippen molar-refractivity contribution >= 4 is 24.2 Å². The van der Waals surface area contributed by atoms with Crippen LogP contribution in [0.5, 0.6) is 0 Å². The number of carbonyl (C=O) groups excluding carboxylic acids is 2. The van der Waals surface area contributed by atoms with E-state index in [1.165, 1.54) is 0 Å². The second-order valence-corrected chi connectivity index (χ2v) is 6.59. The van der Waals surface area contributed by atoms with Crippen LogP contribution in [0, 0.1) is 5.92 Å². The zero-order valence-corrected chi connectivity index (χ0v) is 16.5. The third-order valence-electron chi connectivity index (χ3n) is 4.75. The third-order valence-corrected chi connectivity index (χ3v) is 4.75. The van der Waals surface area contributed by atoms with Gasteiger partial charge >= 0.3 is 0 Å². The normalized spacial score (nSPS) is 16.8. The molecule has 0 saturated carbocycles. The minimum Gasteiger partial charge on any atom is -0.353 e. The van der Waals surface area contributed by atoms with Crippen molar-refractivity contribution in [3.8, 4) is 0 Å². The van der Waals surface area contributed by atoms with E-state index in [1.807, 2.05) is 32.0 Å². The average molecular weight is 383 g/mol. The van der Waals surface area contributed by atoms with E-state index in [1.54, 1.807) is 12.1 Å². The lowest BCUT2D eigenvalue weighted by Crippen LogP contribution is -2.52. The van der Waals surface area contributed by atoms with Gasteiger partial charge in [-0.25, -0.2) is 0 Å². The van der Waals surface area contributed by atoms with Crippen LogP contribution in [0.3, 0.4) is 0 Å². The Morgan fingerprint density at radius 2 is 1.85 bits per heavy atom. The number of carbonyl (C=O) groups is 2. The van der Waals surface area contributed by atoms with Crippen LogP contribution in [0.2, 0.25) is 0 Å². The van der Waals surface area contributed by atoms with Crippen molar-refractivity contribution in [2.75, 3.05) is 39.3 Å². The smallest absolute Gasteiger partial charge is 0.251 e. The lowest BCUT2D eigenvalue weighted by molar-refractivity contribution is -0.124. The first-order chi connectivity index (χ1) is 12.1. The van der Waals surface area contributed by atoms with Crippen LogP contribution in [-0.4, -0.2) is 62.0 Å². The van der Waals surface area contributed by atoms with Crippen LogP contribution in [-0.2, 0) is 4.79 Å². The van der Waals surface area contributed by atoms with Gasteiger partial charge in [0.25, 0.3) is 5.91 Å². The third kappa shape index (κ3) is 6.94. The van der Waals surface area contributed by atoms with Gasteiger partial charge in [-0.2, -0.15) is 0 Å². The fraction of sp³-hybridized carbons (Fsp3) is 0.579. The summed E-state index contributed by atoms with van der Waals surface area (Å²) in [6.45, 7) is 9.48. The van der Waals surface area contributed by atoms with Gasteiger partial charge in [-0.15, -0.1) is 12.4 Å². The molecular weight excluding hydrogens is 352 g/mol. The first-order valence-corrected chi connectivity index (χ1v) is 9.18. The first-order valence-electron chi connectivity index (χ1n) is 9.18. The van der Waals surface area contributed by atoms with E-state index in [4.69, 9.17) is 0 Å². The molecule has 2 rings (SSSR count). The summed E-state index contributed by atoms with van der Waals surface area (Å²) in [6, 6.07) is 8.50. The predicted molar refractivity (Wildman–Crippen MR) is 107 cm³/mol. The molecule has 1 aliphatic heterocycles. The maximum absolute atomic E-state index is 12.6. The monoisotopic (exact) mass is 382 g/mol. The molecule has 26 heavy (non-hydrogen) atoms. The van der Waals surface area contributed by atoms with Crippen molar-refractivity contribution in [2.45, 2.75) is 26.3 Å². The molecule has 1 heterocycles. The molecule has 0 bridgehead atoms. The van der Waals surface area contributed by atoms with Crippen molar-refractivity contribution in [3.63, 3.8) is 0 Å². The summed E-state index contributed by atoms with van der Waals surface area (Å²) in [5.74, 6) is -0.233. The molecule has 1 aromatic rings. The topological polar surface area (TPSA) is 73.5 Å². The van der Waals surface area contributed by atoms with Gasteiger partial charge in [-0.05, 0) is 18.1 Å². The Labute approximate surface area is 162 Å². The number of nitrogens with zero attached hydrogens (tertiary/aromatic N) is 1. The van der Waals surface area contributed by atoms with Crippen LogP contribution in [0.1, 0.15) is 30.6 Å². The van der Waals surface area contributed by atoms with Gasteiger partial charge in [0.2, 0.25) is 5.91 Å². The second-order valence-electron chi connectivity index (χ2n) is 6.59. The summed E-state index contributed by atoms with van der Waals surface area (Å²) in [7, 11) is 0. The van der Waals surface area contributed by atoms with E-state index in [2.05, 4.69) is 20.9 Å². The Hall–Kier alpha value is -1.63. The molecule has 2 amide bonds. The van der Waals surface area contributed by atoms with E-state index in [0.717, 1.165) is 39.1 Å². The molecule has 0 aromatic heterocycles. The summed E-state index contributed by atoms with van der Waals surface area (Å²) in [6.07, 6.45) is 0.824. The number of piperazine rings is 1. The fourth-order valence-electron chi connectivity index (χ4n) is 2.90. The number of hydrogen-bond donors (Lipinski definition) is 3. The largest absolute Gasteiger partial charge is 0.353 e. The minimum absolute atomic E-state index is 0. The molecule has 6 nitrogen and oxygen atoms in total. The van der Waals surface area contributed by atoms with Gasteiger partial charge in [0, 0.05) is 44.8 Å². The molecule has 1 aliphatic rings. The Bertz CT molecular complexity index is 550. The fourth-order valence-corrected chi connectivity index (χ4v) is 2.90. The number of amides is 2. The number of benzene rings is 1. The molecule has 0 radical (unpaired) electrons. The van der Waals surface area contributed by atoms with Gasteiger partial charge in [0.15, 0.2) is 0 Å². The molecule has 1 saturated heterocycles. The highest BCUT2D eigenvalue weighted by atomic mass is 35.5. The highest BCUT2D eigenvalue weighted by Gasteiger charge is 2.26. The molecule has 1 fully saturated rings. The van der Waals surface area contributed by atoms with Crippen LogP contribution in [0.4, 0.5) is 0 Å². The van der Waals surface area contributed by atoms with Gasteiger partial charge in [-0.1, -0.05) is 38.5 Å². The molecule has 2 atom stereocenters. The van der Waals surface area contributed by atoms with E-state index in [0.29, 0.717) is 12.1 Å². The lowest BCUT2D eigenvalue weighted by Gasteiger charge is -2.28.